The molecule has 2 aromatic rings. The van der Waals surface area contributed by atoms with Crippen molar-refractivity contribution in [1.82, 2.24) is 15.6 Å². The third-order valence-electron chi connectivity index (χ3n) is 6.73. The second kappa shape index (κ2) is 9.37. The number of fused-ring (bicyclic) bond motifs is 1. The monoisotopic (exact) mass is 422 g/mol. The number of hydrogen-bond donors (Lipinski definition) is 2. The van der Waals surface area contributed by atoms with Crippen LogP contribution in [0.3, 0.4) is 0 Å². The molecule has 4 rings (SSSR count). The molecule has 3 unspecified atom stereocenters. The van der Waals surface area contributed by atoms with Gasteiger partial charge in [-0.05, 0) is 30.4 Å². The molecule has 1 fully saturated rings. The molecule has 3 heterocycles. The van der Waals surface area contributed by atoms with E-state index in [1.165, 1.54) is 5.56 Å². The number of anilines is 1. The van der Waals surface area contributed by atoms with Gasteiger partial charge in [0.05, 0.1) is 18.5 Å². The number of aromatic nitrogens is 1. The second-order valence-corrected chi connectivity index (χ2v) is 9.05. The number of pyridine rings is 1. The van der Waals surface area contributed by atoms with Gasteiger partial charge in [-0.15, -0.1) is 0 Å². The Morgan fingerprint density at radius 3 is 2.71 bits per heavy atom. The Balaban J connectivity index is 1.55. The van der Waals surface area contributed by atoms with Crippen molar-refractivity contribution in [3.05, 3.63) is 53.2 Å². The largest absolute Gasteiger partial charge is 0.481 e. The third kappa shape index (κ3) is 4.60. The van der Waals surface area contributed by atoms with Gasteiger partial charge in [0.25, 0.3) is 0 Å². The molecule has 1 saturated heterocycles. The minimum Gasteiger partial charge on any atom is -0.481 e. The zero-order valence-corrected chi connectivity index (χ0v) is 19.0. The van der Waals surface area contributed by atoms with E-state index in [1.807, 2.05) is 7.05 Å². The normalized spacial score (nSPS) is 23.7. The van der Waals surface area contributed by atoms with Crippen LogP contribution in [0.25, 0.3) is 0 Å². The number of carbonyl (C=O) groups excluding carboxylic acids is 1. The van der Waals surface area contributed by atoms with Crippen LogP contribution in [0.4, 0.5) is 5.69 Å². The minimum atomic E-state index is 0.138. The molecule has 2 N–H and O–H groups in total. The van der Waals surface area contributed by atoms with Crippen LogP contribution in [-0.2, 0) is 17.8 Å². The number of amides is 1. The van der Waals surface area contributed by atoms with Crippen molar-refractivity contribution in [3.63, 3.8) is 0 Å². The molecule has 1 amide bonds. The number of benzene rings is 1. The predicted octanol–water partition coefficient (Wildman–Crippen LogP) is 3.61. The Morgan fingerprint density at radius 2 is 2.00 bits per heavy atom. The molecule has 0 aliphatic carbocycles. The summed E-state index contributed by atoms with van der Waals surface area (Å²) >= 11 is 0. The molecule has 31 heavy (non-hydrogen) atoms. The maximum absolute atomic E-state index is 12.2. The zero-order chi connectivity index (χ0) is 22.0. The van der Waals surface area contributed by atoms with E-state index < -0.39 is 0 Å². The average molecular weight is 423 g/mol. The highest BCUT2D eigenvalue weighted by molar-refractivity contribution is 5.95. The van der Waals surface area contributed by atoms with Crippen molar-refractivity contribution in [1.29, 1.82) is 0 Å². The van der Waals surface area contributed by atoms with Gasteiger partial charge in [-0.25, -0.2) is 4.98 Å². The first-order valence-electron chi connectivity index (χ1n) is 11.4. The van der Waals surface area contributed by atoms with Crippen LogP contribution < -0.4 is 20.3 Å². The summed E-state index contributed by atoms with van der Waals surface area (Å²) in [4.78, 5) is 18.6. The van der Waals surface area contributed by atoms with Gasteiger partial charge in [-0.1, -0.05) is 44.2 Å². The van der Waals surface area contributed by atoms with E-state index in [9.17, 15) is 4.79 Å². The van der Waals surface area contributed by atoms with Crippen LogP contribution in [0, 0.1) is 5.92 Å². The van der Waals surface area contributed by atoms with Crippen LogP contribution in [0.1, 0.15) is 56.0 Å². The molecule has 3 atom stereocenters. The maximum atomic E-state index is 12.2. The van der Waals surface area contributed by atoms with E-state index in [0.717, 1.165) is 29.8 Å². The first-order chi connectivity index (χ1) is 15.0. The number of nitrogens with one attached hydrogen (secondary N) is 2. The standard InChI is InChI=1S/C25H34N4O2/c1-16(2)19-10-11-21(24(27-19)17-8-6-5-7-9-17)26-15-18-14-22-20(28-25(18)31-4)12-13-23(30)29(22)3/h5-9,14,16,19,21,24,26-27H,10-13,15H2,1-4H3. The van der Waals surface area contributed by atoms with Gasteiger partial charge in [-0.2, -0.15) is 0 Å². The minimum absolute atomic E-state index is 0.138. The number of rotatable bonds is 6. The second-order valence-electron chi connectivity index (χ2n) is 9.05. The Kier molecular flexibility index (Phi) is 6.58. The van der Waals surface area contributed by atoms with Gasteiger partial charge in [0, 0.05) is 50.1 Å². The molecule has 1 aromatic heterocycles. The lowest BCUT2D eigenvalue weighted by Gasteiger charge is -2.40. The fraction of sp³-hybridized carbons (Fsp3) is 0.520. The summed E-state index contributed by atoms with van der Waals surface area (Å²) in [5.74, 6) is 1.39. The number of nitrogens with zero attached hydrogens (tertiary/aromatic N) is 2. The number of piperidine rings is 1. The summed E-state index contributed by atoms with van der Waals surface area (Å²) in [6.07, 6.45) is 3.42. The van der Waals surface area contributed by atoms with Gasteiger partial charge in [0.15, 0.2) is 0 Å². The zero-order valence-electron chi connectivity index (χ0n) is 19.0. The molecule has 1 aromatic carbocycles. The molecule has 2 aliphatic rings. The van der Waals surface area contributed by atoms with Crippen molar-refractivity contribution < 1.29 is 9.53 Å². The lowest BCUT2D eigenvalue weighted by atomic mass is 9.85. The van der Waals surface area contributed by atoms with E-state index in [2.05, 4.69) is 60.9 Å². The third-order valence-corrected chi connectivity index (χ3v) is 6.73. The van der Waals surface area contributed by atoms with Gasteiger partial charge in [0.1, 0.15) is 0 Å². The summed E-state index contributed by atoms with van der Waals surface area (Å²) in [5.41, 5.74) is 4.13. The quantitative estimate of drug-likeness (QED) is 0.745. The van der Waals surface area contributed by atoms with Crippen LogP contribution in [0.5, 0.6) is 5.88 Å². The first-order valence-corrected chi connectivity index (χ1v) is 11.4. The van der Waals surface area contributed by atoms with Crippen molar-refractivity contribution in [2.45, 2.75) is 64.2 Å². The van der Waals surface area contributed by atoms with Crippen LogP contribution in [0.15, 0.2) is 36.4 Å². The molecule has 0 radical (unpaired) electrons. The Bertz CT molecular complexity index is 915. The Morgan fingerprint density at radius 1 is 1.23 bits per heavy atom. The van der Waals surface area contributed by atoms with Gasteiger partial charge >= 0.3 is 0 Å². The number of ether oxygens (including phenoxy) is 1. The van der Waals surface area contributed by atoms with Crippen LogP contribution in [0.2, 0.25) is 0 Å². The number of methoxy groups -OCH3 is 1. The highest BCUT2D eigenvalue weighted by Crippen LogP contribution is 2.32. The van der Waals surface area contributed by atoms with Gasteiger partial charge in [0.2, 0.25) is 11.8 Å². The summed E-state index contributed by atoms with van der Waals surface area (Å²) in [6.45, 7) is 5.22. The molecule has 0 saturated carbocycles. The van der Waals surface area contributed by atoms with E-state index in [1.54, 1.807) is 12.0 Å². The van der Waals surface area contributed by atoms with E-state index in [-0.39, 0.29) is 11.9 Å². The summed E-state index contributed by atoms with van der Waals surface area (Å²) < 4.78 is 5.60. The number of aryl methyl sites for hydroxylation is 1. The highest BCUT2D eigenvalue weighted by atomic mass is 16.5. The van der Waals surface area contributed by atoms with Crippen LogP contribution in [-0.4, -0.2) is 37.1 Å². The topological polar surface area (TPSA) is 66.5 Å². The molecule has 2 aliphatic heterocycles. The van der Waals surface area contributed by atoms with Crippen molar-refractivity contribution in [2.24, 2.45) is 5.92 Å². The summed E-state index contributed by atoms with van der Waals surface area (Å²) in [6, 6.07) is 13.8. The predicted molar refractivity (Wildman–Crippen MR) is 123 cm³/mol. The average Bonchev–Trinajstić information content (AvgIpc) is 2.80. The van der Waals surface area contributed by atoms with Gasteiger partial charge in [-0.3, -0.25) is 4.79 Å². The molecular weight excluding hydrogens is 388 g/mol. The lowest BCUT2D eigenvalue weighted by molar-refractivity contribution is -0.118. The molecule has 0 bridgehead atoms. The lowest BCUT2D eigenvalue weighted by Crippen LogP contribution is -2.51. The fourth-order valence-corrected chi connectivity index (χ4v) is 4.80. The SMILES string of the molecule is COc1nc2c(cc1CNC1CCC(C(C)C)NC1c1ccccc1)N(C)C(=O)CC2. The molecule has 166 valence electrons. The highest BCUT2D eigenvalue weighted by Gasteiger charge is 2.32. The Hall–Kier alpha value is -2.44. The van der Waals surface area contributed by atoms with E-state index >= 15 is 0 Å². The van der Waals surface area contributed by atoms with Crippen LogP contribution >= 0.6 is 0 Å². The smallest absolute Gasteiger partial charge is 0.227 e. The molecular formula is C25H34N4O2. The number of hydrogen-bond acceptors (Lipinski definition) is 5. The molecule has 6 heteroatoms. The summed E-state index contributed by atoms with van der Waals surface area (Å²) in [5, 5.41) is 7.65. The first kappa shape index (κ1) is 21.8. The fourth-order valence-electron chi connectivity index (χ4n) is 4.80. The van der Waals surface area contributed by atoms with E-state index in [4.69, 9.17) is 9.72 Å². The number of carbonyl (C=O) groups is 1. The maximum Gasteiger partial charge on any atom is 0.227 e. The van der Waals surface area contributed by atoms with E-state index in [0.29, 0.717) is 43.3 Å². The van der Waals surface area contributed by atoms with Gasteiger partial charge < -0.3 is 20.3 Å². The molecule has 6 nitrogen and oxygen atoms in total. The summed E-state index contributed by atoms with van der Waals surface area (Å²) in [7, 11) is 3.49. The molecule has 0 spiro atoms. The Labute approximate surface area is 185 Å². The van der Waals surface area contributed by atoms with Crippen molar-refractivity contribution >= 4 is 11.6 Å². The van der Waals surface area contributed by atoms with Crippen molar-refractivity contribution in [3.8, 4) is 5.88 Å². The van der Waals surface area contributed by atoms with Crippen molar-refractivity contribution in [2.75, 3.05) is 19.1 Å².